The normalized spacial score (nSPS) is 11.9. The molecule has 5 nitrogen and oxygen atoms in total. The van der Waals surface area contributed by atoms with Gasteiger partial charge < -0.3 is 5.32 Å². The zero-order chi connectivity index (χ0) is 14.8. The van der Waals surface area contributed by atoms with Gasteiger partial charge in [-0.15, -0.1) is 0 Å². The van der Waals surface area contributed by atoms with E-state index in [4.69, 9.17) is 0 Å². The van der Waals surface area contributed by atoms with Crippen molar-refractivity contribution in [3.8, 4) is 0 Å². The number of nitrogens with one attached hydrogen (secondary N) is 1. The molecule has 0 spiro atoms. The summed E-state index contributed by atoms with van der Waals surface area (Å²) in [5.74, 6) is -0.294. The number of nitrogens with zero attached hydrogens (tertiary/aromatic N) is 1. The fourth-order valence-corrected chi connectivity index (χ4v) is 3.23. The van der Waals surface area contributed by atoms with Gasteiger partial charge in [0.05, 0.1) is 4.90 Å². The quantitative estimate of drug-likeness (QED) is 0.902. The van der Waals surface area contributed by atoms with Crippen molar-refractivity contribution >= 4 is 31.9 Å². The van der Waals surface area contributed by atoms with Crippen molar-refractivity contribution in [1.82, 2.24) is 9.62 Å². The molecule has 19 heavy (non-hydrogen) atoms. The molecular formula is C12H17BrN2O3S. The third-order valence-electron chi connectivity index (χ3n) is 2.37. The van der Waals surface area contributed by atoms with E-state index in [0.717, 1.165) is 4.31 Å². The lowest BCUT2D eigenvalue weighted by Crippen LogP contribution is -2.30. The van der Waals surface area contributed by atoms with Gasteiger partial charge in [-0.05, 0) is 48.0 Å². The fraction of sp³-hybridized carbons (Fsp3) is 0.417. The van der Waals surface area contributed by atoms with E-state index in [1.807, 2.05) is 13.8 Å². The molecule has 0 heterocycles. The topological polar surface area (TPSA) is 66.5 Å². The number of benzene rings is 1. The van der Waals surface area contributed by atoms with Crippen LogP contribution < -0.4 is 5.32 Å². The van der Waals surface area contributed by atoms with Crippen LogP contribution in [0.1, 0.15) is 24.2 Å². The van der Waals surface area contributed by atoms with Crippen LogP contribution in [0.25, 0.3) is 0 Å². The molecule has 1 N–H and O–H groups in total. The van der Waals surface area contributed by atoms with E-state index >= 15 is 0 Å². The number of rotatable bonds is 4. The summed E-state index contributed by atoms with van der Waals surface area (Å²) in [6.07, 6.45) is 0. The van der Waals surface area contributed by atoms with Crippen molar-refractivity contribution in [1.29, 1.82) is 0 Å². The smallest absolute Gasteiger partial charge is 0.251 e. The molecule has 0 atom stereocenters. The highest BCUT2D eigenvalue weighted by Gasteiger charge is 2.22. The molecule has 0 saturated heterocycles. The second-order valence-corrected chi connectivity index (χ2v) is 7.54. The standard InChI is InChI=1S/C12H17BrN2O3S/c1-8(2)14-12(16)9-5-6-10(13)11(7-9)19(17,18)15(3)4/h5-8H,1-4H3,(H,14,16). The maximum atomic E-state index is 12.1. The molecule has 0 unspecified atom stereocenters. The number of carbonyl (C=O) groups is 1. The maximum absolute atomic E-state index is 12.1. The molecule has 1 aromatic carbocycles. The molecule has 0 radical (unpaired) electrons. The van der Waals surface area contributed by atoms with E-state index in [1.165, 1.54) is 20.2 Å². The second-order valence-electron chi connectivity index (χ2n) is 4.56. The third kappa shape index (κ3) is 3.77. The first-order valence-corrected chi connectivity index (χ1v) is 7.92. The largest absolute Gasteiger partial charge is 0.350 e. The van der Waals surface area contributed by atoms with E-state index in [0.29, 0.717) is 10.0 Å². The lowest BCUT2D eigenvalue weighted by molar-refractivity contribution is 0.0943. The Balaban J connectivity index is 3.26. The summed E-state index contributed by atoms with van der Waals surface area (Å²) in [6, 6.07) is 4.50. The van der Waals surface area contributed by atoms with Crippen LogP contribution in [0.2, 0.25) is 0 Å². The van der Waals surface area contributed by atoms with Crippen molar-refractivity contribution in [3.05, 3.63) is 28.2 Å². The van der Waals surface area contributed by atoms with Crippen molar-refractivity contribution in [2.75, 3.05) is 14.1 Å². The minimum Gasteiger partial charge on any atom is -0.350 e. The van der Waals surface area contributed by atoms with E-state index in [1.54, 1.807) is 12.1 Å². The molecule has 1 aromatic rings. The number of carbonyl (C=O) groups excluding carboxylic acids is 1. The summed E-state index contributed by atoms with van der Waals surface area (Å²) in [5.41, 5.74) is 0.317. The monoisotopic (exact) mass is 348 g/mol. The molecule has 0 saturated carbocycles. The Kier molecular flexibility index (Phi) is 5.11. The Bertz CT molecular complexity index is 583. The third-order valence-corrected chi connectivity index (χ3v) is 5.18. The SMILES string of the molecule is CC(C)NC(=O)c1ccc(Br)c(S(=O)(=O)N(C)C)c1. The van der Waals surface area contributed by atoms with Gasteiger partial charge in [0, 0.05) is 30.2 Å². The van der Waals surface area contributed by atoms with Crippen LogP contribution >= 0.6 is 15.9 Å². The lowest BCUT2D eigenvalue weighted by Gasteiger charge is -2.14. The maximum Gasteiger partial charge on any atom is 0.251 e. The van der Waals surface area contributed by atoms with E-state index in [-0.39, 0.29) is 16.8 Å². The van der Waals surface area contributed by atoms with Crippen molar-refractivity contribution < 1.29 is 13.2 Å². The Hall–Kier alpha value is -0.920. The highest BCUT2D eigenvalue weighted by Crippen LogP contribution is 2.25. The molecule has 0 bridgehead atoms. The molecule has 0 aromatic heterocycles. The molecule has 1 rings (SSSR count). The molecule has 7 heteroatoms. The Morgan fingerprint density at radius 3 is 2.37 bits per heavy atom. The van der Waals surface area contributed by atoms with Crippen LogP contribution in [-0.4, -0.2) is 38.8 Å². The number of amides is 1. The molecule has 106 valence electrons. The number of sulfonamides is 1. The summed E-state index contributed by atoms with van der Waals surface area (Å²) in [5, 5.41) is 2.72. The highest BCUT2D eigenvalue weighted by atomic mass is 79.9. The zero-order valence-corrected chi connectivity index (χ0v) is 13.7. The van der Waals surface area contributed by atoms with Gasteiger partial charge >= 0.3 is 0 Å². The number of hydrogen-bond acceptors (Lipinski definition) is 3. The van der Waals surface area contributed by atoms with E-state index in [2.05, 4.69) is 21.2 Å². The molecular weight excluding hydrogens is 332 g/mol. The average Bonchev–Trinajstić information content (AvgIpc) is 2.27. The molecule has 0 aliphatic heterocycles. The minimum absolute atomic E-state index is 0.00921. The van der Waals surface area contributed by atoms with Gasteiger partial charge in [0.15, 0.2) is 0 Å². The molecule has 1 amide bonds. The average molecular weight is 349 g/mol. The Labute approximate surface area is 122 Å². The summed E-state index contributed by atoms with van der Waals surface area (Å²) in [4.78, 5) is 12.0. The van der Waals surface area contributed by atoms with Gasteiger partial charge in [0.25, 0.3) is 5.91 Å². The van der Waals surface area contributed by atoms with Crippen LogP contribution in [0.3, 0.4) is 0 Å². The predicted octanol–water partition coefficient (Wildman–Crippen LogP) is 1.84. The van der Waals surface area contributed by atoms with Crippen LogP contribution in [0.4, 0.5) is 0 Å². The van der Waals surface area contributed by atoms with Gasteiger partial charge in [-0.3, -0.25) is 4.79 Å². The van der Waals surface area contributed by atoms with Crippen LogP contribution in [0.15, 0.2) is 27.6 Å². The van der Waals surface area contributed by atoms with Gasteiger partial charge in [-0.1, -0.05) is 0 Å². The van der Waals surface area contributed by atoms with Gasteiger partial charge in [-0.25, -0.2) is 12.7 Å². The highest BCUT2D eigenvalue weighted by molar-refractivity contribution is 9.10. The van der Waals surface area contributed by atoms with Crippen LogP contribution in [-0.2, 0) is 10.0 Å². The van der Waals surface area contributed by atoms with Crippen molar-refractivity contribution in [2.45, 2.75) is 24.8 Å². The predicted molar refractivity (Wildman–Crippen MR) is 77.6 cm³/mol. The number of hydrogen-bond donors (Lipinski definition) is 1. The van der Waals surface area contributed by atoms with E-state index < -0.39 is 10.0 Å². The summed E-state index contributed by atoms with van der Waals surface area (Å²) < 4.78 is 25.8. The van der Waals surface area contributed by atoms with Crippen LogP contribution in [0.5, 0.6) is 0 Å². The number of halogens is 1. The molecule has 0 aliphatic carbocycles. The summed E-state index contributed by atoms with van der Waals surface area (Å²) in [7, 11) is -0.691. The van der Waals surface area contributed by atoms with E-state index in [9.17, 15) is 13.2 Å². The zero-order valence-electron chi connectivity index (χ0n) is 11.3. The van der Waals surface area contributed by atoms with Crippen molar-refractivity contribution in [2.24, 2.45) is 0 Å². The lowest BCUT2D eigenvalue weighted by atomic mass is 10.2. The summed E-state index contributed by atoms with van der Waals surface area (Å²) in [6.45, 7) is 3.68. The van der Waals surface area contributed by atoms with Crippen molar-refractivity contribution in [3.63, 3.8) is 0 Å². The fourth-order valence-electron chi connectivity index (χ4n) is 1.38. The first-order chi connectivity index (χ1) is 8.66. The first kappa shape index (κ1) is 16.1. The minimum atomic E-state index is -3.59. The summed E-state index contributed by atoms with van der Waals surface area (Å²) >= 11 is 3.20. The van der Waals surface area contributed by atoms with Gasteiger partial charge in [-0.2, -0.15) is 0 Å². The second kappa shape index (κ2) is 6.02. The molecule has 0 fully saturated rings. The molecule has 0 aliphatic rings. The first-order valence-electron chi connectivity index (χ1n) is 5.69. The Morgan fingerprint density at radius 1 is 1.32 bits per heavy atom. The Morgan fingerprint density at radius 2 is 1.89 bits per heavy atom. The van der Waals surface area contributed by atoms with Gasteiger partial charge in [0.2, 0.25) is 10.0 Å². The van der Waals surface area contributed by atoms with Crippen LogP contribution in [0, 0.1) is 0 Å². The van der Waals surface area contributed by atoms with Gasteiger partial charge in [0.1, 0.15) is 0 Å².